The normalized spacial score (nSPS) is 15.1. The van der Waals surface area contributed by atoms with Gasteiger partial charge in [0.1, 0.15) is 5.69 Å². The molecule has 0 bridgehead atoms. The topological polar surface area (TPSA) is 63.6 Å². The third-order valence-corrected chi connectivity index (χ3v) is 3.02. The summed E-state index contributed by atoms with van der Waals surface area (Å²) >= 11 is 0. The van der Waals surface area contributed by atoms with Crippen LogP contribution in [0.1, 0.15) is 31.4 Å². The van der Waals surface area contributed by atoms with E-state index in [0.717, 1.165) is 30.8 Å². The van der Waals surface area contributed by atoms with Crippen LogP contribution in [0.5, 0.6) is 0 Å². The summed E-state index contributed by atoms with van der Waals surface area (Å²) in [6.07, 6.45) is 4.01. The third-order valence-electron chi connectivity index (χ3n) is 3.02. The molecular weight excluding hydrogens is 216 g/mol. The Labute approximate surface area is 98.5 Å². The summed E-state index contributed by atoms with van der Waals surface area (Å²) in [5.74, 6) is 1.10. The highest BCUT2D eigenvalue weighted by Crippen LogP contribution is 2.38. The van der Waals surface area contributed by atoms with Crippen molar-refractivity contribution < 1.29 is 0 Å². The number of H-pyrrole nitrogens is 1. The van der Waals surface area contributed by atoms with Crippen molar-refractivity contribution in [3.63, 3.8) is 0 Å². The van der Waals surface area contributed by atoms with E-state index in [0.29, 0.717) is 11.7 Å². The molecule has 2 aromatic heterocycles. The Bertz CT molecular complexity index is 595. The second-order valence-corrected chi connectivity index (χ2v) is 4.33. The second-order valence-electron chi connectivity index (χ2n) is 4.33. The zero-order chi connectivity index (χ0) is 11.8. The molecule has 2 heterocycles. The van der Waals surface area contributed by atoms with E-state index >= 15 is 0 Å². The minimum Gasteiger partial charge on any atom is -0.305 e. The van der Waals surface area contributed by atoms with Crippen LogP contribution in [0.4, 0.5) is 0 Å². The van der Waals surface area contributed by atoms with Gasteiger partial charge in [0.25, 0.3) is 5.56 Å². The average Bonchev–Trinajstić information content (AvgIpc) is 3.06. The van der Waals surface area contributed by atoms with Crippen LogP contribution in [-0.2, 0) is 6.54 Å². The molecule has 5 nitrogen and oxygen atoms in total. The van der Waals surface area contributed by atoms with Crippen molar-refractivity contribution in [2.24, 2.45) is 0 Å². The second kappa shape index (κ2) is 3.84. The number of nitrogens with zero attached hydrogens (tertiary/aromatic N) is 3. The lowest BCUT2D eigenvalue weighted by molar-refractivity contribution is 0.663. The Morgan fingerprint density at radius 3 is 3.06 bits per heavy atom. The van der Waals surface area contributed by atoms with Crippen LogP contribution < -0.4 is 5.56 Å². The van der Waals surface area contributed by atoms with Crippen LogP contribution in [0.3, 0.4) is 0 Å². The molecule has 0 aromatic carbocycles. The van der Waals surface area contributed by atoms with Gasteiger partial charge in [-0.2, -0.15) is 5.10 Å². The van der Waals surface area contributed by atoms with Crippen LogP contribution in [0.25, 0.3) is 11.5 Å². The Hall–Kier alpha value is -1.91. The lowest BCUT2D eigenvalue weighted by atomic mass is 10.2. The number of hydrogen-bond acceptors (Lipinski definition) is 3. The molecular formula is C12H14N4O. The lowest BCUT2D eigenvalue weighted by Crippen LogP contribution is -2.12. The van der Waals surface area contributed by atoms with Gasteiger partial charge in [-0.05, 0) is 25.8 Å². The maximum absolute atomic E-state index is 11.6. The highest BCUT2D eigenvalue weighted by Gasteiger charge is 2.26. The minimum absolute atomic E-state index is 0.0826. The molecule has 0 spiro atoms. The molecule has 3 rings (SSSR count). The quantitative estimate of drug-likeness (QED) is 0.869. The molecule has 0 amide bonds. The summed E-state index contributed by atoms with van der Waals surface area (Å²) in [5, 5.41) is 4.19. The van der Waals surface area contributed by atoms with E-state index in [-0.39, 0.29) is 5.56 Å². The molecule has 1 N–H and O–H groups in total. The smallest absolute Gasteiger partial charge is 0.251 e. The summed E-state index contributed by atoms with van der Waals surface area (Å²) in [4.78, 5) is 18.9. The van der Waals surface area contributed by atoms with Gasteiger partial charge < -0.3 is 4.98 Å². The van der Waals surface area contributed by atoms with E-state index < -0.39 is 0 Å². The summed E-state index contributed by atoms with van der Waals surface area (Å²) in [6, 6.07) is 3.48. The van der Waals surface area contributed by atoms with Gasteiger partial charge in [-0.3, -0.25) is 9.48 Å². The first-order chi connectivity index (χ1) is 8.28. The van der Waals surface area contributed by atoms with Gasteiger partial charge in [-0.15, -0.1) is 0 Å². The Morgan fingerprint density at radius 2 is 2.35 bits per heavy atom. The van der Waals surface area contributed by atoms with Crippen LogP contribution in [0, 0.1) is 0 Å². The fraction of sp³-hybridized carbons (Fsp3) is 0.417. The maximum atomic E-state index is 11.6. The van der Waals surface area contributed by atoms with E-state index in [1.54, 1.807) is 12.3 Å². The molecule has 1 aliphatic rings. The number of aromatic nitrogens is 4. The van der Waals surface area contributed by atoms with Gasteiger partial charge in [0.15, 0.2) is 5.82 Å². The predicted molar refractivity (Wildman–Crippen MR) is 63.7 cm³/mol. The molecule has 1 aliphatic carbocycles. The van der Waals surface area contributed by atoms with E-state index in [4.69, 9.17) is 0 Å². The predicted octanol–water partition coefficient (Wildman–Crippen LogP) is 1.53. The summed E-state index contributed by atoms with van der Waals surface area (Å²) in [6.45, 7) is 2.78. The Balaban J connectivity index is 2.10. The van der Waals surface area contributed by atoms with Gasteiger partial charge in [-0.25, -0.2) is 4.98 Å². The highest BCUT2D eigenvalue weighted by atomic mass is 16.1. The molecule has 17 heavy (non-hydrogen) atoms. The SMILES string of the molecule is CCn1nccc1-c1nc(C2CC2)cc(=O)[nH]1. The van der Waals surface area contributed by atoms with Crippen molar-refractivity contribution in [3.8, 4) is 11.5 Å². The van der Waals surface area contributed by atoms with Gasteiger partial charge in [-0.1, -0.05) is 0 Å². The fourth-order valence-electron chi connectivity index (χ4n) is 1.97. The van der Waals surface area contributed by atoms with Crippen LogP contribution in [-0.4, -0.2) is 19.7 Å². The molecule has 1 saturated carbocycles. The minimum atomic E-state index is -0.0826. The average molecular weight is 230 g/mol. The van der Waals surface area contributed by atoms with Crippen molar-refractivity contribution in [1.82, 2.24) is 19.7 Å². The van der Waals surface area contributed by atoms with Gasteiger partial charge in [0.2, 0.25) is 0 Å². The van der Waals surface area contributed by atoms with E-state index in [2.05, 4.69) is 15.1 Å². The van der Waals surface area contributed by atoms with Crippen molar-refractivity contribution >= 4 is 0 Å². The molecule has 0 atom stereocenters. The first kappa shape index (κ1) is 10.3. The molecule has 0 aliphatic heterocycles. The van der Waals surface area contributed by atoms with Crippen LogP contribution in [0.2, 0.25) is 0 Å². The molecule has 1 fully saturated rings. The van der Waals surface area contributed by atoms with Crippen molar-refractivity contribution in [2.75, 3.05) is 0 Å². The van der Waals surface area contributed by atoms with Crippen molar-refractivity contribution in [2.45, 2.75) is 32.2 Å². The molecule has 88 valence electrons. The molecule has 0 radical (unpaired) electrons. The summed E-state index contributed by atoms with van der Waals surface area (Å²) in [7, 11) is 0. The third kappa shape index (κ3) is 1.88. The summed E-state index contributed by atoms with van der Waals surface area (Å²) in [5.41, 5.74) is 1.69. The number of hydrogen-bond donors (Lipinski definition) is 1. The van der Waals surface area contributed by atoms with Crippen molar-refractivity contribution in [3.05, 3.63) is 34.4 Å². The van der Waals surface area contributed by atoms with E-state index in [1.807, 2.05) is 17.7 Å². The van der Waals surface area contributed by atoms with E-state index in [1.165, 1.54) is 0 Å². The van der Waals surface area contributed by atoms with Gasteiger partial charge >= 0.3 is 0 Å². The summed E-state index contributed by atoms with van der Waals surface area (Å²) < 4.78 is 1.83. The van der Waals surface area contributed by atoms with Crippen LogP contribution >= 0.6 is 0 Å². The largest absolute Gasteiger partial charge is 0.305 e. The van der Waals surface area contributed by atoms with Gasteiger partial charge in [0, 0.05) is 24.7 Å². The maximum Gasteiger partial charge on any atom is 0.251 e. The van der Waals surface area contributed by atoms with E-state index in [9.17, 15) is 4.79 Å². The first-order valence-corrected chi connectivity index (χ1v) is 5.91. The zero-order valence-corrected chi connectivity index (χ0v) is 9.68. The fourth-order valence-corrected chi connectivity index (χ4v) is 1.97. The number of aryl methyl sites for hydroxylation is 1. The molecule has 0 unspecified atom stereocenters. The standard InChI is InChI=1S/C12H14N4O/c1-2-16-10(5-6-13-16)12-14-9(8-3-4-8)7-11(17)15-12/h5-8H,2-4H2,1H3,(H,14,15,17). The van der Waals surface area contributed by atoms with Gasteiger partial charge in [0.05, 0.1) is 5.69 Å². The first-order valence-electron chi connectivity index (χ1n) is 5.91. The Morgan fingerprint density at radius 1 is 1.53 bits per heavy atom. The number of aromatic amines is 1. The molecule has 0 saturated heterocycles. The Kier molecular flexibility index (Phi) is 2.31. The number of rotatable bonds is 3. The zero-order valence-electron chi connectivity index (χ0n) is 9.68. The molecule has 5 heteroatoms. The molecule has 2 aromatic rings. The van der Waals surface area contributed by atoms with Crippen LogP contribution in [0.15, 0.2) is 23.1 Å². The number of nitrogens with one attached hydrogen (secondary N) is 1. The monoisotopic (exact) mass is 230 g/mol. The van der Waals surface area contributed by atoms with Crippen molar-refractivity contribution in [1.29, 1.82) is 0 Å². The lowest BCUT2D eigenvalue weighted by Gasteiger charge is -2.05. The highest BCUT2D eigenvalue weighted by molar-refractivity contribution is 5.49.